The largest absolute Gasteiger partial charge is 0.396 e. The number of nitrogens with zero attached hydrogens (tertiary/aromatic N) is 3. The molecule has 2 N–H and O–H groups in total. The topological polar surface area (TPSA) is 131 Å². The van der Waals surface area contributed by atoms with E-state index in [4.69, 9.17) is 5.11 Å². The van der Waals surface area contributed by atoms with E-state index in [1.54, 1.807) is 11.8 Å². The van der Waals surface area contributed by atoms with Gasteiger partial charge in [0.25, 0.3) is 5.69 Å². The Morgan fingerprint density at radius 1 is 1.32 bits per heavy atom. The van der Waals surface area contributed by atoms with E-state index < -0.39 is 9.85 Å². The Labute approximate surface area is 166 Å². The van der Waals surface area contributed by atoms with E-state index >= 15 is 0 Å². The van der Waals surface area contributed by atoms with Gasteiger partial charge in [-0.1, -0.05) is 13.8 Å². The molecule has 2 aliphatic carbocycles. The fraction of sp³-hybridized carbons (Fsp3) is 0.611. The minimum absolute atomic E-state index is 0.0668. The second-order valence-corrected chi connectivity index (χ2v) is 9.01. The molecule has 2 atom stereocenters. The minimum Gasteiger partial charge on any atom is -0.396 e. The lowest BCUT2D eigenvalue weighted by Gasteiger charge is -2.38. The van der Waals surface area contributed by atoms with E-state index in [0.717, 1.165) is 36.8 Å². The van der Waals surface area contributed by atoms with E-state index in [0.29, 0.717) is 11.7 Å². The first-order chi connectivity index (χ1) is 13.2. The fourth-order valence-electron chi connectivity index (χ4n) is 4.61. The van der Waals surface area contributed by atoms with E-state index in [2.05, 4.69) is 24.4 Å². The highest BCUT2D eigenvalue weighted by atomic mass is 32.2. The molecule has 2 fully saturated rings. The third-order valence-electron chi connectivity index (χ3n) is 6.45. The van der Waals surface area contributed by atoms with Gasteiger partial charge >= 0.3 is 5.69 Å². The number of rotatable bonds is 8. The Morgan fingerprint density at radius 3 is 2.68 bits per heavy atom. The lowest BCUT2D eigenvalue weighted by atomic mass is 9.70. The minimum atomic E-state index is -0.658. The Balaban J connectivity index is 1.89. The summed E-state index contributed by atoms with van der Waals surface area (Å²) in [7, 11) is 0. The van der Waals surface area contributed by atoms with Gasteiger partial charge in [-0.2, -0.15) is 16.9 Å². The number of benzene rings is 1. The highest BCUT2D eigenvalue weighted by molar-refractivity contribution is 7.99. The number of aliphatic hydroxyl groups is 1. The van der Waals surface area contributed by atoms with Gasteiger partial charge in [0.05, 0.1) is 22.5 Å². The molecular weight excluding hydrogens is 384 g/mol. The molecule has 0 heterocycles. The molecule has 0 unspecified atom stereocenters. The fourth-order valence-corrected chi connectivity index (χ4v) is 5.91. The lowest BCUT2D eigenvalue weighted by Crippen LogP contribution is -2.39. The Morgan fingerprint density at radius 2 is 2.07 bits per heavy atom. The third kappa shape index (κ3) is 3.35. The molecule has 2 bridgehead atoms. The first-order valence-corrected chi connectivity index (χ1v) is 10.3. The SMILES string of the molecule is CC1(C)[C@@H]2CC[C@]1(CSCCO)/C(=N\Nc1ccc([N+](=O)[O-])cc1[N+](=O)[O-])C2. The van der Waals surface area contributed by atoms with Crippen LogP contribution in [0, 0.1) is 37.0 Å². The second-order valence-electron chi connectivity index (χ2n) is 7.91. The van der Waals surface area contributed by atoms with Crippen LogP contribution in [0.25, 0.3) is 0 Å². The molecule has 0 aromatic heterocycles. The standard InChI is InChI=1S/C18H24N4O5S/c1-17(2)12-5-6-18(17,11-28-8-7-23)16(9-12)20-19-14-4-3-13(21(24)25)10-15(14)22(26)27/h3-4,10,12,19,23H,5-9,11H2,1-2H3/b20-16-/t12-,18+/m1/s1. The maximum absolute atomic E-state index is 11.3. The van der Waals surface area contributed by atoms with Gasteiger partial charge < -0.3 is 5.11 Å². The van der Waals surface area contributed by atoms with Gasteiger partial charge in [-0.05, 0) is 36.7 Å². The van der Waals surface area contributed by atoms with Gasteiger partial charge in [0.2, 0.25) is 0 Å². The summed E-state index contributed by atoms with van der Waals surface area (Å²) in [5, 5.41) is 35.9. The van der Waals surface area contributed by atoms with Crippen LogP contribution in [0.1, 0.15) is 33.1 Å². The van der Waals surface area contributed by atoms with E-state index in [-0.39, 0.29) is 34.5 Å². The summed E-state index contributed by atoms with van der Waals surface area (Å²) in [6.07, 6.45) is 2.97. The predicted molar refractivity (Wildman–Crippen MR) is 109 cm³/mol. The number of thioether (sulfide) groups is 1. The number of hydrazone groups is 1. The summed E-state index contributed by atoms with van der Waals surface area (Å²) in [6, 6.07) is 3.50. The van der Waals surface area contributed by atoms with Crippen LogP contribution in [0.2, 0.25) is 0 Å². The first kappa shape index (κ1) is 20.5. The molecule has 10 heteroatoms. The normalized spacial score (nSPS) is 26.5. The van der Waals surface area contributed by atoms with Crippen molar-refractivity contribution in [3.8, 4) is 0 Å². The number of non-ortho nitro benzene ring substituents is 1. The summed E-state index contributed by atoms with van der Waals surface area (Å²) in [5.74, 6) is 2.02. The Bertz CT molecular complexity index is 828. The molecule has 2 saturated carbocycles. The molecule has 0 amide bonds. The number of nitro groups is 2. The zero-order valence-corrected chi connectivity index (χ0v) is 16.7. The maximum atomic E-state index is 11.3. The summed E-state index contributed by atoms with van der Waals surface area (Å²) < 4.78 is 0. The zero-order valence-electron chi connectivity index (χ0n) is 15.9. The highest BCUT2D eigenvalue weighted by Gasteiger charge is 2.62. The number of nitrogens with one attached hydrogen (secondary N) is 1. The van der Waals surface area contributed by atoms with Crippen LogP contribution in [0.5, 0.6) is 0 Å². The summed E-state index contributed by atoms with van der Waals surface area (Å²) in [4.78, 5) is 20.9. The molecule has 0 radical (unpaired) electrons. The van der Waals surface area contributed by atoms with Crippen LogP contribution in [0.4, 0.5) is 17.1 Å². The van der Waals surface area contributed by atoms with Crippen molar-refractivity contribution in [3.63, 3.8) is 0 Å². The van der Waals surface area contributed by atoms with Gasteiger partial charge in [0, 0.05) is 28.7 Å². The van der Waals surface area contributed by atoms with Crippen LogP contribution in [-0.4, -0.2) is 38.8 Å². The van der Waals surface area contributed by atoms with Crippen molar-refractivity contribution in [1.29, 1.82) is 0 Å². The van der Waals surface area contributed by atoms with Gasteiger partial charge in [-0.25, -0.2) is 0 Å². The van der Waals surface area contributed by atoms with Crippen molar-refractivity contribution in [2.45, 2.75) is 33.1 Å². The van der Waals surface area contributed by atoms with Crippen molar-refractivity contribution in [1.82, 2.24) is 0 Å². The highest BCUT2D eigenvalue weighted by Crippen LogP contribution is 2.65. The Hall–Kier alpha value is -2.20. The average molecular weight is 408 g/mol. The van der Waals surface area contributed by atoms with Gasteiger partial charge in [0.15, 0.2) is 0 Å². The molecule has 1 aromatic rings. The number of hydrogen-bond acceptors (Lipinski definition) is 8. The van der Waals surface area contributed by atoms with Crippen molar-refractivity contribution in [3.05, 3.63) is 38.4 Å². The van der Waals surface area contributed by atoms with Gasteiger partial charge in [-0.3, -0.25) is 25.7 Å². The summed E-state index contributed by atoms with van der Waals surface area (Å²) >= 11 is 1.70. The van der Waals surface area contributed by atoms with Crippen molar-refractivity contribution in [2.75, 3.05) is 23.5 Å². The van der Waals surface area contributed by atoms with E-state index in [9.17, 15) is 20.2 Å². The number of aliphatic hydroxyl groups excluding tert-OH is 1. The van der Waals surface area contributed by atoms with Crippen molar-refractivity contribution < 1.29 is 15.0 Å². The quantitative estimate of drug-likeness (QED) is 0.380. The third-order valence-corrected chi connectivity index (χ3v) is 7.62. The monoisotopic (exact) mass is 408 g/mol. The number of hydrogen-bond donors (Lipinski definition) is 2. The van der Waals surface area contributed by atoms with Crippen LogP contribution < -0.4 is 5.43 Å². The molecule has 0 aliphatic heterocycles. The molecule has 0 saturated heterocycles. The first-order valence-electron chi connectivity index (χ1n) is 9.17. The maximum Gasteiger partial charge on any atom is 0.301 e. The zero-order chi connectivity index (χ0) is 20.5. The lowest BCUT2D eigenvalue weighted by molar-refractivity contribution is -0.393. The molecule has 0 spiro atoms. The average Bonchev–Trinajstić information content (AvgIpc) is 3.01. The second kappa shape index (κ2) is 7.67. The van der Waals surface area contributed by atoms with E-state index in [1.807, 2.05) is 0 Å². The molecule has 9 nitrogen and oxygen atoms in total. The Kier molecular flexibility index (Phi) is 5.62. The van der Waals surface area contributed by atoms with Crippen molar-refractivity contribution >= 4 is 34.5 Å². The predicted octanol–water partition coefficient (Wildman–Crippen LogP) is 3.82. The molecule has 28 heavy (non-hydrogen) atoms. The molecule has 3 rings (SSSR count). The van der Waals surface area contributed by atoms with E-state index in [1.165, 1.54) is 12.1 Å². The molecule has 2 aliphatic rings. The summed E-state index contributed by atoms with van der Waals surface area (Å²) in [6.45, 7) is 4.63. The van der Waals surface area contributed by atoms with Crippen LogP contribution in [0.15, 0.2) is 23.3 Å². The van der Waals surface area contributed by atoms with Crippen LogP contribution >= 0.6 is 11.8 Å². The molecule has 1 aromatic carbocycles. The van der Waals surface area contributed by atoms with Crippen LogP contribution in [0.3, 0.4) is 0 Å². The van der Waals surface area contributed by atoms with Crippen LogP contribution in [-0.2, 0) is 0 Å². The van der Waals surface area contributed by atoms with Crippen molar-refractivity contribution in [2.24, 2.45) is 21.8 Å². The number of anilines is 1. The summed E-state index contributed by atoms with van der Waals surface area (Å²) in [5.41, 5.74) is 3.19. The smallest absolute Gasteiger partial charge is 0.301 e. The number of fused-ring (bicyclic) bond motifs is 2. The molecular formula is C18H24N4O5S. The number of nitro benzene ring substituents is 2. The molecule has 152 valence electrons. The van der Waals surface area contributed by atoms with Gasteiger partial charge in [0.1, 0.15) is 5.69 Å². The van der Waals surface area contributed by atoms with Gasteiger partial charge in [-0.15, -0.1) is 0 Å².